The molecule has 0 aromatic carbocycles. The van der Waals surface area contributed by atoms with Crippen molar-refractivity contribution >= 4 is 5.91 Å². The Hall–Kier alpha value is -0.610. The van der Waals surface area contributed by atoms with Gasteiger partial charge in [0.05, 0.1) is 0 Å². The van der Waals surface area contributed by atoms with Crippen LogP contribution in [0.4, 0.5) is 0 Å². The van der Waals surface area contributed by atoms with Crippen molar-refractivity contribution in [2.75, 3.05) is 26.3 Å². The molecule has 0 aromatic heterocycles. The number of amides is 1. The van der Waals surface area contributed by atoms with Crippen LogP contribution < -0.4 is 5.73 Å². The van der Waals surface area contributed by atoms with Crippen molar-refractivity contribution in [2.24, 2.45) is 11.7 Å². The van der Waals surface area contributed by atoms with Crippen LogP contribution in [-0.4, -0.2) is 43.2 Å². The average molecular weight is 200 g/mol. The molecule has 82 valence electrons. The second-order valence-electron chi connectivity index (χ2n) is 3.88. The number of ether oxygens (including phenoxy) is 1. The fourth-order valence-corrected chi connectivity index (χ4v) is 1.72. The number of likely N-dealkylation sites (tertiary alicyclic amines) is 1. The van der Waals surface area contributed by atoms with E-state index >= 15 is 0 Å². The van der Waals surface area contributed by atoms with Crippen LogP contribution in [0.15, 0.2) is 0 Å². The molecule has 2 N–H and O–H groups in total. The third kappa shape index (κ3) is 2.96. The van der Waals surface area contributed by atoms with Gasteiger partial charge in [0.1, 0.15) is 6.61 Å². The highest BCUT2D eigenvalue weighted by atomic mass is 16.5. The Morgan fingerprint density at radius 3 is 2.93 bits per heavy atom. The van der Waals surface area contributed by atoms with Gasteiger partial charge in [-0.1, -0.05) is 0 Å². The molecule has 0 spiro atoms. The largest absolute Gasteiger partial charge is 0.372 e. The zero-order valence-corrected chi connectivity index (χ0v) is 9.03. The Labute approximate surface area is 85.4 Å². The van der Waals surface area contributed by atoms with Crippen molar-refractivity contribution in [1.29, 1.82) is 0 Å². The molecule has 0 bridgehead atoms. The maximum absolute atomic E-state index is 11.5. The van der Waals surface area contributed by atoms with Gasteiger partial charge >= 0.3 is 0 Å². The molecule has 1 amide bonds. The van der Waals surface area contributed by atoms with Crippen molar-refractivity contribution < 1.29 is 9.53 Å². The third-order valence-corrected chi connectivity index (χ3v) is 2.75. The van der Waals surface area contributed by atoms with Gasteiger partial charge in [-0.25, -0.2) is 0 Å². The predicted molar refractivity (Wildman–Crippen MR) is 54.8 cm³/mol. The van der Waals surface area contributed by atoms with Gasteiger partial charge in [0.15, 0.2) is 0 Å². The number of carbonyl (C=O) groups excluding carboxylic acids is 1. The van der Waals surface area contributed by atoms with E-state index in [-0.39, 0.29) is 18.6 Å². The number of nitrogens with two attached hydrogens (primary N) is 1. The average Bonchev–Trinajstić information content (AvgIpc) is 2.62. The molecule has 1 aliphatic heterocycles. The molecule has 4 heteroatoms. The molecule has 0 radical (unpaired) electrons. The lowest BCUT2D eigenvalue weighted by molar-refractivity contribution is -0.135. The standard InChI is InChI=1S/C10H20N2O2/c1-3-14-7-10(13)12-5-4-9(6-12)8(2)11/h8-9H,3-7,11H2,1-2H3. The second kappa shape index (κ2) is 5.32. The Morgan fingerprint density at radius 2 is 2.43 bits per heavy atom. The van der Waals surface area contributed by atoms with E-state index in [4.69, 9.17) is 10.5 Å². The Morgan fingerprint density at radius 1 is 1.71 bits per heavy atom. The lowest BCUT2D eigenvalue weighted by Gasteiger charge is -2.17. The van der Waals surface area contributed by atoms with E-state index < -0.39 is 0 Å². The zero-order chi connectivity index (χ0) is 10.6. The second-order valence-corrected chi connectivity index (χ2v) is 3.88. The van der Waals surface area contributed by atoms with E-state index in [1.807, 2.05) is 18.7 Å². The van der Waals surface area contributed by atoms with E-state index in [2.05, 4.69) is 0 Å². The van der Waals surface area contributed by atoms with E-state index in [1.165, 1.54) is 0 Å². The quantitative estimate of drug-likeness (QED) is 0.706. The first kappa shape index (κ1) is 11.5. The summed E-state index contributed by atoms with van der Waals surface area (Å²) in [5, 5.41) is 0. The predicted octanol–water partition coefficient (Wildman–Crippen LogP) is 0.219. The van der Waals surface area contributed by atoms with Crippen LogP contribution in [0, 0.1) is 5.92 Å². The van der Waals surface area contributed by atoms with Crippen LogP contribution in [0.25, 0.3) is 0 Å². The molecule has 0 aliphatic carbocycles. The number of hydrogen-bond donors (Lipinski definition) is 1. The number of rotatable bonds is 4. The van der Waals surface area contributed by atoms with Gasteiger partial charge in [-0.2, -0.15) is 0 Å². The van der Waals surface area contributed by atoms with Gasteiger partial charge in [-0.05, 0) is 26.2 Å². The topological polar surface area (TPSA) is 55.6 Å². The first-order valence-electron chi connectivity index (χ1n) is 5.26. The summed E-state index contributed by atoms with van der Waals surface area (Å²) < 4.78 is 5.08. The molecule has 0 aromatic rings. The number of nitrogens with zero attached hydrogens (tertiary/aromatic N) is 1. The normalized spacial score (nSPS) is 23.9. The van der Waals surface area contributed by atoms with E-state index in [0.717, 1.165) is 19.5 Å². The van der Waals surface area contributed by atoms with Crippen molar-refractivity contribution in [3.63, 3.8) is 0 Å². The maximum atomic E-state index is 11.5. The fraction of sp³-hybridized carbons (Fsp3) is 0.900. The minimum absolute atomic E-state index is 0.0926. The lowest BCUT2D eigenvalue weighted by Crippen LogP contribution is -2.34. The van der Waals surface area contributed by atoms with Gasteiger partial charge in [0, 0.05) is 25.7 Å². The maximum Gasteiger partial charge on any atom is 0.248 e. The highest BCUT2D eigenvalue weighted by Gasteiger charge is 2.27. The van der Waals surface area contributed by atoms with Crippen molar-refractivity contribution in [3.8, 4) is 0 Å². The summed E-state index contributed by atoms with van der Waals surface area (Å²) >= 11 is 0. The van der Waals surface area contributed by atoms with Crippen LogP contribution in [0.3, 0.4) is 0 Å². The summed E-state index contributed by atoms with van der Waals surface area (Å²) in [5.41, 5.74) is 5.79. The van der Waals surface area contributed by atoms with Crippen LogP contribution >= 0.6 is 0 Å². The Bertz CT molecular complexity index is 195. The fourth-order valence-electron chi connectivity index (χ4n) is 1.72. The number of hydrogen-bond acceptors (Lipinski definition) is 3. The molecule has 4 nitrogen and oxygen atoms in total. The molecular formula is C10H20N2O2. The first-order valence-corrected chi connectivity index (χ1v) is 5.26. The van der Waals surface area contributed by atoms with Crippen molar-refractivity contribution in [3.05, 3.63) is 0 Å². The smallest absolute Gasteiger partial charge is 0.248 e. The Balaban J connectivity index is 2.30. The number of carbonyl (C=O) groups is 1. The van der Waals surface area contributed by atoms with Crippen molar-refractivity contribution in [1.82, 2.24) is 4.90 Å². The zero-order valence-electron chi connectivity index (χ0n) is 9.03. The molecule has 1 aliphatic rings. The van der Waals surface area contributed by atoms with Gasteiger partial charge in [0.25, 0.3) is 0 Å². The van der Waals surface area contributed by atoms with Gasteiger partial charge in [-0.3, -0.25) is 4.79 Å². The van der Waals surface area contributed by atoms with Gasteiger partial charge in [-0.15, -0.1) is 0 Å². The minimum atomic E-state index is 0.0926. The molecule has 1 heterocycles. The van der Waals surface area contributed by atoms with E-state index in [0.29, 0.717) is 12.5 Å². The minimum Gasteiger partial charge on any atom is -0.372 e. The summed E-state index contributed by atoms with van der Waals surface area (Å²) in [4.78, 5) is 13.4. The molecular weight excluding hydrogens is 180 g/mol. The molecule has 14 heavy (non-hydrogen) atoms. The molecule has 1 fully saturated rings. The summed E-state index contributed by atoms with van der Waals surface area (Å²) in [6, 6.07) is 0.180. The van der Waals surface area contributed by atoms with Crippen LogP contribution in [0.1, 0.15) is 20.3 Å². The summed E-state index contributed by atoms with van der Waals surface area (Å²) in [7, 11) is 0. The molecule has 2 unspecified atom stereocenters. The van der Waals surface area contributed by atoms with E-state index in [1.54, 1.807) is 0 Å². The van der Waals surface area contributed by atoms with Gasteiger partial charge < -0.3 is 15.4 Å². The third-order valence-electron chi connectivity index (χ3n) is 2.75. The lowest BCUT2D eigenvalue weighted by atomic mass is 10.0. The monoisotopic (exact) mass is 200 g/mol. The van der Waals surface area contributed by atoms with Gasteiger partial charge in [0.2, 0.25) is 5.91 Å². The van der Waals surface area contributed by atoms with Crippen LogP contribution in [0.2, 0.25) is 0 Å². The highest BCUT2D eigenvalue weighted by Crippen LogP contribution is 2.18. The highest BCUT2D eigenvalue weighted by molar-refractivity contribution is 5.77. The SMILES string of the molecule is CCOCC(=O)N1CCC(C(C)N)C1. The Kier molecular flexibility index (Phi) is 4.35. The molecule has 0 saturated carbocycles. The molecule has 1 rings (SSSR count). The van der Waals surface area contributed by atoms with Crippen LogP contribution in [-0.2, 0) is 9.53 Å². The first-order chi connectivity index (χ1) is 6.65. The molecule has 1 saturated heterocycles. The molecule has 2 atom stereocenters. The summed E-state index contributed by atoms with van der Waals surface area (Å²) in [6.45, 7) is 6.32. The van der Waals surface area contributed by atoms with Crippen molar-refractivity contribution in [2.45, 2.75) is 26.3 Å². The van der Waals surface area contributed by atoms with E-state index in [9.17, 15) is 4.79 Å². The van der Waals surface area contributed by atoms with Crippen LogP contribution in [0.5, 0.6) is 0 Å². The summed E-state index contributed by atoms with van der Waals surface area (Å²) in [5.74, 6) is 0.551. The summed E-state index contributed by atoms with van der Waals surface area (Å²) in [6.07, 6.45) is 1.02.